The number of nitrogens with zero attached hydrogens (tertiary/aromatic N) is 4. The summed E-state index contributed by atoms with van der Waals surface area (Å²) in [7, 11) is 1.88. The van der Waals surface area contributed by atoms with Gasteiger partial charge in [0.25, 0.3) is 0 Å². The third-order valence-corrected chi connectivity index (χ3v) is 3.87. The smallest absolute Gasteiger partial charge is 0.333 e. The summed E-state index contributed by atoms with van der Waals surface area (Å²) in [6, 6.07) is 5.94. The van der Waals surface area contributed by atoms with Gasteiger partial charge in [-0.05, 0) is 45.0 Å². The van der Waals surface area contributed by atoms with E-state index >= 15 is 0 Å². The van der Waals surface area contributed by atoms with E-state index in [0.717, 1.165) is 28.1 Å². The van der Waals surface area contributed by atoms with Crippen molar-refractivity contribution in [3.63, 3.8) is 0 Å². The molecule has 0 spiro atoms. The molecule has 6 nitrogen and oxygen atoms in total. The molecule has 0 aliphatic carbocycles. The number of carbonyl (C=O) groups is 1. The molecular weight excluding hydrogens is 304 g/mol. The number of pyridine rings is 1. The van der Waals surface area contributed by atoms with E-state index in [1.807, 2.05) is 49.0 Å². The quantitative estimate of drug-likeness (QED) is 0.547. The Balaban J connectivity index is 2.16. The molecule has 3 aromatic rings. The van der Waals surface area contributed by atoms with E-state index in [0.29, 0.717) is 12.2 Å². The molecule has 0 aromatic carbocycles. The molecule has 24 heavy (non-hydrogen) atoms. The highest BCUT2D eigenvalue weighted by atomic mass is 16.5. The number of hydrogen-bond donors (Lipinski definition) is 0. The molecule has 0 atom stereocenters. The van der Waals surface area contributed by atoms with Gasteiger partial charge in [-0.15, -0.1) is 0 Å². The van der Waals surface area contributed by atoms with Crippen molar-refractivity contribution >= 4 is 23.1 Å². The average Bonchev–Trinajstić information content (AvgIpc) is 3.09. The average molecular weight is 324 g/mol. The van der Waals surface area contributed by atoms with Crippen LogP contribution in [0.15, 0.2) is 36.2 Å². The summed E-state index contributed by atoms with van der Waals surface area (Å²) < 4.78 is 8.85. The maximum absolute atomic E-state index is 11.9. The molecule has 0 unspecified atom stereocenters. The zero-order chi connectivity index (χ0) is 17.3. The molecule has 0 bridgehead atoms. The number of hydrogen-bond acceptors (Lipinski definition) is 4. The Bertz CT molecular complexity index is 934. The van der Waals surface area contributed by atoms with Gasteiger partial charge in [0, 0.05) is 36.0 Å². The SMILES string of the molecule is CCOC(=O)/C(C)=C/c1c(C)nn(C)c1-n1ccc2cccnc21. The highest BCUT2D eigenvalue weighted by Crippen LogP contribution is 2.25. The first-order chi connectivity index (χ1) is 11.5. The van der Waals surface area contributed by atoms with Gasteiger partial charge in [0.05, 0.1) is 12.3 Å². The van der Waals surface area contributed by atoms with Crippen molar-refractivity contribution in [1.82, 2.24) is 19.3 Å². The highest BCUT2D eigenvalue weighted by molar-refractivity contribution is 5.94. The molecule has 0 saturated heterocycles. The number of ether oxygens (including phenoxy) is 1. The van der Waals surface area contributed by atoms with E-state index in [4.69, 9.17) is 4.74 Å². The molecule has 3 rings (SSSR count). The number of aromatic nitrogens is 4. The van der Waals surface area contributed by atoms with Crippen LogP contribution in [-0.4, -0.2) is 31.9 Å². The van der Waals surface area contributed by atoms with E-state index in [9.17, 15) is 4.79 Å². The molecule has 3 aromatic heterocycles. The van der Waals surface area contributed by atoms with Crippen LogP contribution in [0.5, 0.6) is 0 Å². The van der Waals surface area contributed by atoms with Crippen molar-refractivity contribution in [1.29, 1.82) is 0 Å². The zero-order valence-electron chi connectivity index (χ0n) is 14.3. The van der Waals surface area contributed by atoms with Gasteiger partial charge in [0.2, 0.25) is 0 Å². The molecular formula is C18H20N4O2. The minimum Gasteiger partial charge on any atom is -0.463 e. The fourth-order valence-electron chi connectivity index (χ4n) is 2.77. The Labute approximate surface area is 140 Å². The van der Waals surface area contributed by atoms with E-state index in [-0.39, 0.29) is 5.97 Å². The van der Waals surface area contributed by atoms with E-state index < -0.39 is 0 Å². The molecule has 124 valence electrons. The lowest BCUT2D eigenvalue weighted by molar-refractivity contribution is -0.138. The first-order valence-corrected chi connectivity index (χ1v) is 7.84. The summed E-state index contributed by atoms with van der Waals surface area (Å²) in [5, 5.41) is 5.55. The second kappa shape index (κ2) is 6.31. The van der Waals surface area contributed by atoms with Gasteiger partial charge in [-0.1, -0.05) is 0 Å². The Hall–Kier alpha value is -2.89. The van der Waals surface area contributed by atoms with E-state index in [1.165, 1.54) is 0 Å². The van der Waals surface area contributed by atoms with Crippen LogP contribution in [0.1, 0.15) is 25.1 Å². The highest BCUT2D eigenvalue weighted by Gasteiger charge is 2.17. The van der Waals surface area contributed by atoms with Crippen molar-refractivity contribution in [3.8, 4) is 5.82 Å². The molecule has 0 saturated carbocycles. The molecule has 0 aliphatic rings. The maximum Gasteiger partial charge on any atom is 0.333 e. The normalized spacial score (nSPS) is 11.9. The van der Waals surface area contributed by atoms with Crippen LogP contribution in [0.4, 0.5) is 0 Å². The Kier molecular flexibility index (Phi) is 4.20. The van der Waals surface area contributed by atoms with Crippen LogP contribution >= 0.6 is 0 Å². The van der Waals surface area contributed by atoms with E-state index in [2.05, 4.69) is 10.1 Å². The van der Waals surface area contributed by atoms with Crippen LogP contribution in [0.2, 0.25) is 0 Å². The zero-order valence-corrected chi connectivity index (χ0v) is 14.3. The molecule has 0 amide bonds. The minimum absolute atomic E-state index is 0.317. The van der Waals surface area contributed by atoms with Crippen molar-refractivity contribution < 1.29 is 9.53 Å². The van der Waals surface area contributed by atoms with Gasteiger partial charge in [0.15, 0.2) is 0 Å². The fourth-order valence-corrected chi connectivity index (χ4v) is 2.77. The van der Waals surface area contributed by atoms with Gasteiger partial charge < -0.3 is 4.74 Å². The third-order valence-electron chi connectivity index (χ3n) is 3.87. The number of rotatable bonds is 4. The fraction of sp³-hybridized carbons (Fsp3) is 0.278. The molecule has 3 heterocycles. The maximum atomic E-state index is 11.9. The molecule has 0 aliphatic heterocycles. The minimum atomic E-state index is -0.317. The second-order valence-electron chi connectivity index (χ2n) is 5.60. The van der Waals surface area contributed by atoms with Crippen LogP contribution in [0.25, 0.3) is 22.9 Å². The number of aryl methyl sites for hydroxylation is 2. The lowest BCUT2D eigenvalue weighted by atomic mass is 10.1. The summed E-state index contributed by atoms with van der Waals surface area (Å²) >= 11 is 0. The van der Waals surface area contributed by atoms with Crippen molar-refractivity contribution in [3.05, 3.63) is 47.4 Å². The van der Waals surface area contributed by atoms with Crippen LogP contribution in [0.3, 0.4) is 0 Å². The summed E-state index contributed by atoms with van der Waals surface area (Å²) in [4.78, 5) is 16.4. The van der Waals surface area contributed by atoms with Gasteiger partial charge >= 0.3 is 5.97 Å². The number of fused-ring (bicyclic) bond motifs is 1. The molecule has 0 N–H and O–H groups in total. The summed E-state index contributed by atoms with van der Waals surface area (Å²) in [6.07, 6.45) is 5.55. The summed E-state index contributed by atoms with van der Waals surface area (Å²) in [5.74, 6) is 0.548. The van der Waals surface area contributed by atoms with Crippen molar-refractivity contribution in [2.45, 2.75) is 20.8 Å². The summed E-state index contributed by atoms with van der Waals surface area (Å²) in [5.41, 5.74) is 3.11. The van der Waals surface area contributed by atoms with Crippen molar-refractivity contribution in [2.24, 2.45) is 7.05 Å². The van der Waals surface area contributed by atoms with Gasteiger partial charge in [-0.25, -0.2) is 9.78 Å². The Morgan fingerprint density at radius 3 is 2.92 bits per heavy atom. The molecule has 0 radical (unpaired) electrons. The molecule has 6 heteroatoms. The van der Waals surface area contributed by atoms with Gasteiger partial charge in [-0.3, -0.25) is 9.25 Å². The largest absolute Gasteiger partial charge is 0.463 e. The number of esters is 1. The van der Waals surface area contributed by atoms with Gasteiger partial charge in [-0.2, -0.15) is 5.10 Å². The predicted octanol–water partition coefficient (Wildman–Crippen LogP) is 3.03. The first kappa shape index (κ1) is 16.0. The monoisotopic (exact) mass is 324 g/mol. The first-order valence-electron chi connectivity index (χ1n) is 7.84. The Morgan fingerprint density at radius 1 is 1.38 bits per heavy atom. The summed E-state index contributed by atoms with van der Waals surface area (Å²) in [6.45, 7) is 5.83. The van der Waals surface area contributed by atoms with E-state index in [1.54, 1.807) is 24.7 Å². The lowest BCUT2D eigenvalue weighted by Crippen LogP contribution is -2.06. The Morgan fingerprint density at radius 2 is 2.17 bits per heavy atom. The number of carbonyl (C=O) groups excluding carboxylic acids is 1. The van der Waals surface area contributed by atoms with Crippen LogP contribution in [0, 0.1) is 6.92 Å². The predicted molar refractivity (Wildman–Crippen MR) is 92.9 cm³/mol. The van der Waals surface area contributed by atoms with Crippen LogP contribution in [-0.2, 0) is 16.6 Å². The molecule has 0 fully saturated rings. The van der Waals surface area contributed by atoms with Crippen LogP contribution < -0.4 is 0 Å². The third kappa shape index (κ3) is 2.71. The van der Waals surface area contributed by atoms with Crippen molar-refractivity contribution in [2.75, 3.05) is 6.61 Å². The topological polar surface area (TPSA) is 61.9 Å². The van der Waals surface area contributed by atoms with Gasteiger partial charge in [0.1, 0.15) is 11.5 Å². The lowest BCUT2D eigenvalue weighted by Gasteiger charge is -2.08. The standard InChI is InChI=1S/C18H20N4O2/c1-5-24-18(23)12(2)11-15-13(3)20-21(4)17(15)22-10-8-14-7-6-9-19-16(14)22/h6-11H,5H2,1-4H3/b12-11+. The second-order valence-corrected chi connectivity index (χ2v) is 5.60.